The number of halogens is 2. The summed E-state index contributed by atoms with van der Waals surface area (Å²) in [5.41, 5.74) is 0.240. The molecule has 152 valence electrons. The van der Waals surface area contributed by atoms with Crippen molar-refractivity contribution in [1.82, 2.24) is 14.9 Å². The van der Waals surface area contributed by atoms with Crippen molar-refractivity contribution in [2.45, 2.75) is 32.9 Å². The lowest BCUT2D eigenvalue weighted by Crippen LogP contribution is -2.41. The summed E-state index contributed by atoms with van der Waals surface area (Å²) in [6.45, 7) is 4.39. The van der Waals surface area contributed by atoms with Gasteiger partial charge < -0.3 is 14.6 Å². The maximum absolute atomic E-state index is 13.0. The summed E-state index contributed by atoms with van der Waals surface area (Å²) in [7, 11) is 0. The molecule has 0 saturated carbocycles. The molecule has 3 aromatic rings. The Hall–Kier alpha value is -2.38. The second-order valence-electron chi connectivity index (χ2n) is 6.65. The summed E-state index contributed by atoms with van der Waals surface area (Å²) in [4.78, 5) is 34.2. The first-order valence-corrected chi connectivity index (χ1v) is 10.4. The van der Waals surface area contributed by atoms with E-state index in [2.05, 4.69) is 25.9 Å². The number of carbonyl (C=O) groups excluding carboxylic acids is 1. The minimum absolute atomic E-state index is 0.177. The highest BCUT2D eigenvalue weighted by molar-refractivity contribution is 9.10. The Labute approximate surface area is 182 Å². The molecule has 1 heterocycles. The van der Waals surface area contributed by atoms with Crippen molar-refractivity contribution in [2.24, 2.45) is 0 Å². The van der Waals surface area contributed by atoms with Gasteiger partial charge in [0.2, 0.25) is 0 Å². The Morgan fingerprint density at radius 1 is 1.28 bits per heavy atom. The van der Waals surface area contributed by atoms with E-state index in [1.165, 1.54) is 0 Å². The molecule has 1 amide bonds. The van der Waals surface area contributed by atoms with Crippen LogP contribution in [0.2, 0.25) is 5.02 Å². The monoisotopic (exact) mass is 477 g/mol. The number of fused-ring (bicyclic) bond motifs is 1. The molecule has 0 unspecified atom stereocenters. The normalized spacial score (nSPS) is 12.0. The Bertz CT molecular complexity index is 1070. The Kier molecular flexibility index (Phi) is 6.92. The van der Waals surface area contributed by atoms with Gasteiger partial charge in [-0.25, -0.2) is 4.98 Å². The van der Waals surface area contributed by atoms with Gasteiger partial charge >= 0.3 is 0 Å². The molecule has 0 spiro atoms. The van der Waals surface area contributed by atoms with E-state index >= 15 is 0 Å². The molecule has 0 aliphatic carbocycles. The number of ether oxygens (including phenoxy) is 1. The average Bonchev–Trinajstić information content (AvgIpc) is 2.68. The van der Waals surface area contributed by atoms with Crippen molar-refractivity contribution in [3.05, 3.63) is 68.1 Å². The molecule has 3 rings (SSSR count). The van der Waals surface area contributed by atoms with Gasteiger partial charge in [-0.2, -0.15) is 0 Å². The fourth-order valence-electron chi connectivity index (χ4n) is 2.98. The Balaban J connectivity index is 1.80. The fraction of sp³-hybridized carbons (Fsp3) is 0.286. The number of nitrogens with one attached hydrogen (secondary N) is 1. The highest BCUT2D eigenvalue weighted by Crippen LogP contribution is 2.19. The molecule has 29 heavy (non-hydrogen) atoms. The molecule has 0 saturated heterocycles. The SMILES string of the molecule is CCCN(Cc1nc2cc(Cl)ccc2c(=O)[nH]1)C(=O)[C@H](C)Oc1ccc(Br)cc1. The van der Waals surface area contributed by atoms with E-state index in [1.54, 1.807) is 42.2 Å². The Morgan fingerprint density at radius 3 is 2.69 bits per heavy atom. The number of rotatable bonds is 7. The topological polar surface area (TPSA) is 75.3 Å². The maximum Gasteiger partial charge on any atom is 0.263 e. The van der Waals surface area contributed by atoms with Crippen LogP contribution >= 0.6 is 27.5 Å². The molecular formula is C21H21BrClN3O3. The largest absolute Gasteiger partial charge is 0.481 e. The standard InChI is InChI=1S/C21H21BrClN3O3/c1-3-10-26(21(28)13(2)29-16-7-4-14(22)5-8-16)12-19-24-18-11-15(23)6-9-17(18)20(27)25-19/h4-9,11,13H,3,10,12H2,1-2H3,(H,24,25,27)/t13-/m0/s1. The van der Waals surface area contributed by atoms with Crippen LogP contribution in [0.15, 0.2) is 51.7 Å². The van der Waals surface area contributed by atoms with Crippen LogP contribution in [0.5, 0.6) is 5.75 Å². The third kappa shape index (κ3) is 5.36. The summed E-state index contributed by atoms with van der Waals surface area (Å²) in [5, 5.41) is 0.956. The fourth-order valence-corrected chi connectivity index (χ4v) is 3.41. The third-order valence-corrected chi connectivity index (χ3v) is 5.10. The molecule has 6 nitrogen and oxygen atoms in total. The molecule has 0 fully saturated rings. The first-order valence-electron chi connectivity index (χ1n) is 9.27. The van der Waals surface area contributed by atoms with Gasteiger partial charge in [0.1, 0.15) is 11.6 Å². The van der Waals surface area contributed by atoms with Gasteiger partial charge in [0.25, 0.3) is 11.5 Å². The number of aromatic amines is 1. The van der Waals surface area contributed by atoms with E-state index in [-0.39, 0.29) is 18.0 Å². The zero-order valence-electron chi connectivity index (χ0n) is 16.1. The van der Waals surface area contributed by atoms with Gasteiger partial charge in [-0.15, -0.1) is 0 Å². The lowest BCUT2D eigenvalue weighted by atomic mass is 10.2. The number of nitrogens with zero attached hydrogens (tertiary/aromatic N) is 2. The summed E-state index contributed by atoms with van der Waals surface area (Å²) in [6.07, 6.45) is 0.0877. The third-order valence-electron chi connectivity index (χ3n) is 4.34. The van der Waals surface area contributed by atoms with E-state index in [0.717, 1.165) is 10.9 Å². The minimum Gasteiger partial charge on any atom is -0.481 e. The van der Waals surface area contributed by atoms with Crippen LogP contribution in [0.1, 0.15) is 26.1 Å². The number of H-pyrrole nitrogens is 1. The van der Waals surface area contributed by atoms with E-state index in [1.807, 2.05) is 19.1 Å². The van der Waals surface area contributed by atoms with Crippen molar-refractivity contribution < 1.29 is 9.53 Å². The van der Waals surface area contributed by atoms with Crippen LogP contribution < -0.4 is 10.3 Å². The first kappa shape index (κ1) is 21.3. The van der Waals surface area contributed by atoms with Crippen LogP contribution in [0.25, 0.3) is 10.9 Å². The summed E-state index contributed by atoms with van der Waals surface area (Å²) >= 11 is 9.40. The number of aromatic nitrogens is 2. The van der Waals surface area contributed by atoms with Crippen molar-refractivity contribution in [2.75, 3.05) is 6.54 Å². The minimum atomic E-state index is -0.677. The second-order valence-corrected chi connectivity index (χ2v) is 8.00. The van der Waals surface area contributed by atoms with E-state index in [4.69, 9.17) is 16.3 Å². The van der Waals surface area contributed by atoms with Gasteiger partial charge in [0.15, 0.2) is 6.10 Å². The van der Waals surface area contributed by atoms with Gasteiger partial charge in [0.05, 0.1) is 17.4 Å². The predicted octanol–water partition coefficient (Wildman–Crippen LogP) is 4.55. The number of hydrogen-bond donors (Lipinski definition) is 1. The highest BCUT2D eigenvalue weighted by Gasteiger charge is 2.23. The van der Waals surface area contributed by atoms with Crippen molar-refractivity contribution in [3.63, 3.8) is 0 Å². The molecular weight excluding hydrogens is 458 g/mol. The molecule has 0 aliphatic heterocycles. The van der Waals surface area contributed by atoms with Crippen molar-refractivity contribution in [3.8, 4) is 5.75 Å². The number of benzene rings is 2. The van der Waals surface area contributed by atoms with Crippen molar-refractivity contribution in [1.29, 1.82) is 0 Å². The quantitative estimate of drug-likeness (QED) is 0.541. The molecule has 2 aromatic carbocycles. The van der Waals surface area contributed by atoms with Gasteiger partial charge in [0, 0.05) is 16.0 Å². The lowest BCUT2D eigenvalue weighted by molar-refractivity contribution is -0.138. The van der Waals surface area contributed by atoms with Gasteiger partial charge in [-0.3, -0.25) is 9.59 Å². The summed E-state index contributed by atoms with van der Waals surface area (Å²) in [5.74, 6) is 0.836. The summed E-state index contributed by atoms with van der Waals surface area (Å²) in [6, 6.07) is 12.2. The molecule has 0 radical (unpaired) electrons. The number of hydrogen-bond acceptors (Lipinski definition) is 4. The molecule has 1 aromatic heterocycles. The van der Waals surface area contributed by atoms with Crippen LogP contribution in [0.3, 0.4) is 0 Å². The Morgan fingerprint density at radius 2 is 2.00 bits per heavy atom. The van der Waals surface area contributed by atoms with E-state index in [0.29, 0.717) is 34.0 Å². The van der Waals surface area contributed by atoms with Crippen molar-refractivity contribution >= 4 is 44.3 Å². The number of carbonyl (C=O) groups is 1. The van der Waals surface area contributed by atoms with Crippen LogP contribution in [0, 0.1) is 0 Å². The lowest BCUT2D eigenvalue weighted by Gasteiger charge is -2.25. The number of amides is 1. The second kappa shape index (κ2) is 9.41. The average molecular weight is 479 g/mol. The van der Waals surface area contributed by atoms with Crippen LogP contribution in [-0.4, -0.2) is 33.4 Å². The predicted molar refractivity (Wildman–Crippen MR) is 117 cm³/mol. The van der Waals surface area contributed by atoms with Gasteiger partial charge in [-0.05, 0) is 55.8 Å². The van der Waals surface area contributed by atoms with E-state index < -0.39 is 6.10 Å². The maximum atomic E-state index is 13.0. The first-order chi connectivity index (χ1) is 13.9. The van der Waals surface area contributed by atoms with Crippen LogP contribution in [-0.2, 0) is 11.3 Å². The van der Waals surface area contributed by atoms with Gasteiger partial charge in [-0.1, -0.05) is 34.5 Å². The molecule has 0 bridgehead atoms. The summed E-state index contributed by atoms with van der Waals surface area (Å²) < 4.78 is 6.72. The molecule has 8 heteroatoms. The van der Waals surface area contributed by atoms with Crippen LogP contribution in [0.4, 0.5) is 0 Å². The smallest absolute Gasteiger partial charge is 0.263 e. The molecule has 1 N–H and O–H groups in total. The zero-order chi connectivity index (χ0) is 21.0. The molecule has 1 atom stereocenters. The molecule has 0 aliphatic rings. The zero-order valence-corrected chi connectivity index (χ0v) is 18.5. The van der Waals surface area contributed by atoms with E-state index in [9.17, 15) is 9.59 Å². The highest BCUT2D eigenvalue weighted by atomic mass is 79.9.